The number of carbonyl (C=O) groups is 3. The predicted octanol–water partition coefficient (Wildman–Crippen LogP) is 2.43. The van der Waals surface area contributed by atoms with Gasteiger partial charge in [0, 0.05) is 11.6 Å². The summed E-state index contributed by atoms with van der Waals surface area (Å²) in [5.41, 5.74) is 0.996. The third kappa shape index (κ3) is 4.80. The summed E-state index contributed by atoms with van der Waals surface area (Å²) in [5, 5.41) is 2.74. The highest BCUT2D eigenvalue weighted by Gasteiger charge is 2.35. The van der Waals surface area contributed by atoms with Gasteiger partial charge in [-0.2, -0.15) is 0 Å². The van der Waals surface area contributed by atoms with E-state index in [2.05, 4.69) is 11.9 Å². The SMILES string of the molecule is C=CC(=O)O[C@@H](C(=O)OC)[C@@H](NC(=O)c1ccccc1)c1ccccc1. The molecule has 134 valence electrons. The van der Waals surface area contributed by atoms with E-state index in [0.29, 0.717) is 11.1 Å². The van der Waals surface area contributed by atoms with Crippen LogP contribution < -0.4 is 5.32 Å². The molecule has 0 unspecified atom stereocenters. The normalized spacial score (nSPS) is 12.3. The number of esters is 2. The molecule has 1 amide bonds. The van der Waals surface area contributed by atoms with Crippen molar-refractivity contribution in [3.63, 3.8) is 0 Å². The monoisotopic (exact) mass is 353 g/mol. The molecule has 26 heavy (non-hydrogen) atoms. The minimum atomic E-state index is -1.36. The Morgan fingerprint density at radius 1 is 1.00 bits per heavy atom. The van der Waals surface area contributed by atoms with Crippen molar-refractivity contribution in [3.8, 4) is 0 Å². The summed E-state index contributed by atoms with van der Waals surface area (Å²) in [4.78, 5) is 36.5. The van der Waals surface area contributed by atoms with Crippen molar-refractivity contribution in [2.24, 2.45) is 0 Å². The lowest BCUT2D eigenvalue weighted by molar-refractivity contribution is -0.165. The van der Waals surface area contributed by atoms with Gasteiger partial charge in [-0.15, -0.1) is 0 Å². The van der Waals surface area contributed by atoms with E-state index in [9.17, 15) is 14.4 Å². The van der Waals surface area contributed by atoms with Gasteiger partial charge in [0.25, 0.3) is 5.91 Å². The van der Waals surface area contributed by atoms with E-state index < -0.39 is 30.0 Å². The maximum absolute atomic E-state index is 12.6. The molecular formula is C20H19NO5. The van der Waals surface area contributed by atoms with Crippen molar-refractivity contribution in [2.75, 3.05) is 7.11 Å². The smallest absolute Gasteiger partial charge is 0.349 e. The molecule has 0 aliphatic rings. The van der Waals surface area contributed by atoms with E-state index in [0.717, 1.165) is 6.08 Å². The van der Waals surface area contributed by atoms with Crippen molar-refractivity contribution in [3.05, 3.63) is 84.4 Å². The number of benzene rings is 2. The fraction of sp³-hybridized carbons (Fsp3) is 0.150. The van der Waals surface area contributed by atoms with Crippen LogP contribution in [0.25, 0.3) is 0 Å². The number of carbonyl (C=O) groups excluding carboxylic acids is 3. The van der Waals surface area contributed by atoms with Crippen LogP contribution in [0, 0.1) is 0 Å². The molecule has 0 heterocycles. The van der Waals surface area contributed by atoms with Crippen LogP contribution in [0.4, 0.5) is 0 Å². The Kier molecular flexibility index (Phi) is 6.68. The lowest BCUT2D eigenvalue weighted by atomic mass is 10.0. The lowest BCUT2D eigenvalue weighted by Crippen LogP contribution is -2.43. The highest BCUT2D eigenvalue weighted by Crippen LogP contribution is 2.22. The Labute approximate surface area is 151 Å². The molecule has 2 rings (SSSR count). The molecule has 0 aliphatic heterocycles. The highest BCUT2D eigenvalue weighted by atomic mass is 16.6. The van der Waals surface area contributed by atoms with Gasteiger partial charge < -0.3 is 14.8 Å². The zero-order valence-electron chi connectivity index (χ0n) is 14.3. The van der Waals surface area contributed by atoms with Gasteiger partial charge in [0.2, 0.25) is 6.10 Å². The molecule has 0 saturated carbocycles. The van der Waals surface area contributed by atoms with Crippen LogP contribution in [0.3, 0.4) is 0 Å². The molecule has 0 fully saturated rings. The maximum Gasteiger partial charge on any atom is 0.349 e. The predicted molar refractivity (Wildman–Crippen MR) is 95.2 cm³/mol. The Balaban J connectivity index is 2.38. The van der Waals surface area contributed by atoms with Gasteiger partial charge in [-0.1, -0.05) is 55.1 Å². The number of hydrogen-bond donors (Lipinski definition) is 1. The molecule has 2 aromatic rings. The van der Waals surface area contributed by atoms with Crippen molar-refractivity contribution in [2.45, 2.75) is 12.1 Å². The Morgan fingerprint density at radius 3 is 2.12 bits per heavy atom. The van der Waals surface area contributed by atoms with Crippen LogP contribution in [0.15, 0.2) is 73.3 Å². The van der Waals surface area contributed by atoms with Gasteiger partial charge in [-0.25, -0.2) is 9.59 Å². The Bertz CT molecular complexity index is 773. The summed E-state index contributed by atoms with van der Waals surface area (Å²) in [6.45, 7) is 3.33. The maximum atomic E-state index is 12.6. The van der Waals surface area contributed by atoms with Crippen molar-refractivity contribution >= 4 is 17.8 Å². The standard InChI is InChI=1S/C20H19NO5/c1-3-16(22)26-18(20(24)25-2)17(14-10-6-4-7-11-14)21-19(23)15-12-8-5-9-13-15/h3-13,17-18H,1H2,2H3,(H,21,23)/t17-,18+/m0/s1. The summed E-state index contributed by atoms with van der Waals surface area (Å²) in [5.74, 6) is -2.00. The molecule has 6 nitrogen and oxygen atoms in total. The third-order valence-corrected chi connectivity index (χ3v) is 3.63. The van der Waals surface area contributed by atoms with Crippen LogP contribution in [0.1, 0.15) is 22.0 Å². The molecule has 1 N–H and O–H groups in total. The molecule has 0 bridgehead atoms. The van der Waals surface area contributed by atoms with Crippen LogP contribution >= 0.6 is 0 Å². The number of ether oxygens (including phenoxy) is 2. The fourth-order valence-corrected chi connectivity index (χ4v) is 2.35. The van der Waals surface area contributed by atoms with E-state index in [1.54, 1.807) is 60.7 Å². The first-order valence-electron chi connectivity index (χ1n) is 7.88. The number of methoxy groups -OCH3 is 1. The van der Waals surface area contributed by atoms with Crippen LogP contribution in [-0.4, -0.2) is 31.1 Å². The van der Waals surface area contributed by atoms with Gasteiger partial charge in [0.05, 0.1) is 7.11 Å². The second-order valence-corrected chi connectivity index (χ2v) is 5.31. The average molecular weight is 353 g/mol. The van der Waals surface area contributed by atoms with Crippen molar-refractivity contribution < 1.29 is 23.9 Å². The second-order valence-electron chi connectivity index (χ2n) is 5.31. The van der Waals surface area contributed by atoms with E-state index in [1.165, 1.54) is 7.11 Å². The molecule has 2 atom stereocenters. The number of nitrogens with one attached hydrogen (secondary N) is 1. The summed E-state index contributed by atoms with van der Waals surface area (Å²) >= 11 is 0. The first kappa shape index (κ1) is 18.9. The molecule has 6 heteroatoms. The van der Waals surface area contributed by atoms with Crippen LogP contribution in [0.5, 0.6) is 0 Å². The largest absolute Gasteiger partial charge is 0.466 e. The Morgan fingerprint density at radius 2 is 1.58 bits per heavy atom. The minimum absolute atomic E-state index is 0.409. The summed E-state index contributed by atoms with van der Waals surface area (Å²) < 4.78 is 9.91. The summed E-state index contributed by atoms with van der Waals surface area (Å²) in [6, 6.07) is 16.3. The molecule has 2 aromatic carbocycles. The number of rotatable bonds is 7. The molecule has 0 radical (unpaired) electrons. The van der Waals surface area contributed by atoms with Crippen molar-refractivity contribution in [1.29, 1.82) is 0 Å². The van der Waals surface area contributed by atoms with Gasteiger partial charge >= 0.3 is 11.9 Å². The van der Waals surface area contributed by atoms with Crippen molar-refractivity contribution in [1.82, 2.24) is 5.32 Å². The molecule has 0 spiro atoms. The van der Waals surface area contributed by atoms with Gasteiger partial charge in [-0.05, 0) is 17.7 Å². The molecular weight excluding hydrogens is 334 g/mol. The van der Waals surface area contributed by atoms with E-state index in [1.807, 2.05) is 0 Å². The highest BCUT2D eigenvalue weighted by molar-refractivity contribution is 5.95. The first-order chi connectivity index (χ1) is 12.6. The van der Waals surface area contributed by atoms with E-state index in [-0.39, 0.29) is 0 Å². The van der Waals surface area contributed by atoms with Crippen LogP contribution in [-0.2, 0) is 19.1 Å². The minimum Gasteiger partial charge on any atom is -0.466 e. The van der Waals surface area contributed by atoms with Crippen LogP contribution in [0.2, 0.25) is 0 Å². The first-order valence-corrected chi connectivity index (χ1v) is 7.88. The third-order valence-electron chi connectivity index (χ3n) is 3.63. The zero-order chi connectivity index (χ0) is 18.9. The molecule has 0 aromatic heterocycles. The van der Waals surface area contributed by atoms with Gasteiger partial charge in [-0.3, -0.25) is 4.79 Å². The molecule has 0 aliphatic carbocycles. The topological polar surface area (TPSA) is 81.7 Å². The van der Waals surface area contributed by atoms with E-state index >= 15 is 0 Å². The number of amides is 1. The Hall–Kier alpha value is -3.41. The van der Waals surface area contributed by atoms with Gasteiger partial charge in [0.15, 0.2) is 0 Å². The quantitative estimate of drug-likeness (QED) is 0.611. The van der Waals surface area contributed by atoms with E-state index in [4.69, 9.17) is 9.47 Å². The number of hydrogen-bond acceptors (Lipinski definition) is 5. The zero-order valence-corrected chi connectivity index (χ0v) is 14.3. The van der Waals surface area contributed by atoms with Gasteiger partial charge in [0.1, 0.15) is 6.04 Å². The summed E-state index contributed by atoms with van der Waals surface area (Å²) in [7, 11) is 1.18. The molecule has 0 saturated heterocycles. The summed E-state index contributed by atoms with van der Waals surface area (Å²) in [6.07, 6.45) is -0.419. The lowest BCUT2D eigenvalue weighted by Gasteiger charge is -2.26. The average Bonchev–Trinajstić information content (AvgIpc) is 2.70. The second kappa shape index (κ2) is 9.17. The fourth-order valence-electron chi connectivity index (χ4n) is 2.35.